The molecule has 1 saturated heterocycles. The third-order valence-electron chi connectivity index (χ3n) is 6.35. The van der Waals surface area contributed by atoms with Gasteiger partial charge in [0.25, 0.3) is 0 Å². The van der Waals surface area contributed by atoms with Gasteiger partial charge in [-0.25, -0.2) is 4.98 Å². The molecule has 0 bridgehead atoms. The number of anilines is 1. The summed E-state index contributed by atoms with van der Waals surface area (Å²) in [6.45, 7) is 12.9. The van der Waals surface area contributed by atoms with Gasteiger partial charge in [0.1, 0.15) is 11.4 Å². The molecule has 1 aliphatic rings. The Bertz CT molecular complexity index is 1260. The van der Waals surface area contributed by atoms with E-state index in [-0.39, 0.29) is 0 Å². The van der Waals surface area contributed by atoms with Crippen molar-refractivity contribution in [3.63, 3.8) is 0 Å². The number of nitrogens with zero attached hydrogens (tertiary/aromatic N) is 7. The molecule has 176 valence electrons. The molecule has 2 N–H and O–H groups in total. The fourth-order valence-corrected chi connectivity index (χ4v) is 4.36. The fraction of sp³-hybridized carbons (Fsp3) is 0.400. The first-order valence-electron chi connectivity index (χ1n) is 11.9. The number of pyridine rings is 3. The number of hydrogen-bond acceptors (Lipinski definition) is 8. The second-order valence-electron chi connectivity index (χ2n) is 9.04. The second kappa shape index (κ2) is 9.82. The van der Waals surface area contributed by atoms with Crippen molar-refractivity contribution in [2.75, 3.05) is 44.6 Å². The summed E-state index contributed by atoms with van der Waals surface area (Å²) in [6.07, 6.45) is 1.87. The van der Waals surface area contributed by atoms with Crippen molar-refractivity contribution in [3.8, 4) is 22.8 Å². The highest BCUT2D eigenvalue weighted by Gasteiger charge is 2.18. The Morgan fingerprint density at radius 3 is 2.44 bits per heavy atom. The maximum atomic E-state index is 4.84. The molecule has 0 aromatic carbocycles. The second-order valence-corrected chi connectivity index (χ2v) is 9.04. The molecule has 0 aliphatic carbocycles. The summed E-state index contributed by atoms with van der Waals surface area (Å²) in [6, 6.07) is 12.4. The lowest BCUT2D eigenvalue weighted by atomic mass is 10.1. The predicted octanol–water partition coefficient (Wildman–Crippen LogP) is 3.22. The van der Waals surface area contributed by atoms with E-state index in [9.17, 15) is 0 Å². The Morgan fingerprint density at radius 1 is 0.941 bits per heavy atom. The highest BCUT2D eigenvalue weighted by molar-refractivity contribution is 5.82. The maximum Gasteiger partial charge on any atom is 0.140 e. The lowest BCUT2D eigenvalue weighted by Crippen LogP contribution is -2.49. The Hall–Kier alpha value is -3.43. The summed E-state index contributed by atoms with van der Waals surface area (Å²) in [4.78, 5) is 19.1. The molecule has 0 radical (unpaired) electrons. The van der Waals surface area contributed by atoms with Crippen LogP contribution in [0, 0.1) is 6.92 Å². The predicted molar refractivity (Wildman–Crippen MR) is 135 cm³/mol. The van der Waals surface area contributed by atoms with Crippen LogP contribution in [0.15, 0.2) is 42.6 Å². The van der Waals surface area contributed by atoms with Crippen molar-refractivity contribution in [1.29, 1.82) is 0 Å². The van der Waals surface area contributed by atoms with E-state index in [1.54, 1.807) is 0 Å². The quantitative estimate of drug-likeness (QED) is 0.436. The summed E-state index contributed by atoms with van der Waals surface area (Å²) in [5, 5.41) is 14.9. The average Bonchev–Trinajstić information content (AvgIpc) is 3.34. The molecule has 0 unspecified atom stereocenters. The zero-order chi connectivity index (χ0) is 23.5. The molecule has 5 rings (SSSR count). The normalized spacial score (nSPS) is 15.3. The van der Waals surface area contributed by atoms with Gasteiger partial charge in [-0.1, -0.05) is 6.07 Å². The zero-order valence-corrected chi connectivity index (χ0v) is 20.0. The van der Waals surface area contributed by atoms with Crippen LogP contribution < -0.4 is 5.32 Å². The van der Waals surface area contributed by atoms with E-state index in [4.69, 9.17) is 4.98 Å². The van der Waals surface area contributed by atoms with E-state index in [1.807, 2.05) is 49.5 Å². The third kappa shape index (κ3) is 4.90. The molecule has 4 aromatic heterocycles. The van der Waals surface area contributed by atoms with Gasteiger partial charge in [-0.2, -0.15) is 15.4 Å². The van der Waals surface area contributed by atoms with Gasteiger partial charge in [0.15, 0.2) is 0 Å². The van der Waals surface area contributed by atoms with E-state index in [1.165, 1.54) is 0 Å². The largest absolute Gasteiger partial charge is 0.382 e. The van der Waals surface area contributed by atoms with Gasteiger partial charge >= 0.3 is 0 Å². The molecule has 34 heavy (non-hydrogen) atoms. The number of nitrogens with one attached hydrogen (secondary N) is 2. The molecular formula is C25H31N9. The number of aryl methyl sites for hydroxylation is 1. The van der Waals surface area contributed by atoms with Gasteiger partial charge in [-0.15, -0.1) is 0 Å². The highest BCUT2D eigenvalue weighted by Crippen LogP contribution is 2.27. The minimum atomic E-state index is 0.628. The highest BCUT2D eigenvalue weighted by atomic mass is 15.3. The molecule has 5 heterocycles. The molecule has 1 fully saturated rings. The van der Waals surface area contributed by atoms with Crippen LogP contribution in [0.25, 0.3) is 33.8 Å². The number of fused-ring (bicyclic) bond motifs is 1. The Kier molecular flexibility index (Phi) is 6.46. The number of aromatic nitrogens is 6. The first kappa shape index (κ1) is 22.4. The number of H-pyrrole nitrogens is 1. The molecule has 4 aromatic rings. The van der Waals surface area contributed by atoms with E-state index < -0.39 is 0 Å². The van der Waals surface area contributed by atoms with E-state index >= 15 is 0 Å². The number of piperazine rings is 1. The van der Waals surface area contributed by atoms with Crippen molar-refractivity contribution < 1.29 is 0 Å². The van der Waals surface area contributed by atoms with Crippen LogP contribution in [0.4, 0.5) is 5.69 Å². The summed E-state index contributed by atoms with van der Waals surface area (Å²) in [5.41, 5.74) is 6.44. The van der Waals surface area contributed by atoms with Crippen molar-refractivity contribution in [1.82, 2.24) is 40.2 Å². The molecule has 0 spiro atoms. The molecule has 9 heteroatoms. The van der Waals surface area contributed by atoms with E-state index in [0.717, 1.165) is 73.1 Å². The minimum Gasteiger partial charge on any atom is -0.382 e. The van der Waals surface area contributed by atoms with Crippen LogP contribution in [-0.2, 0) is 0 Å². The van der Waals surface area contributed by atoms with Gasteiger partial charge in [-0.3, -0.25) is 19.8 Å². The Balaban J connectivity index is 1.28. The Labute approximate surface area is 199 Å². The third-order valence-corrected chi connectivity index (χ3v) is 6.35. The SMILES string of the molecule is Cc1cccc(-c2n[nH]nc2-c2ccc3ncc(NCCN4CCN(C(C)C)CC4)cc3n2)n1. The maximum absolute atomic E-state index is 4.84. The first-order chi connectivity index (χ1) is 16.6. The summed E-state index contributed by atoms with van der Waals surface area (Å²) in [5.74, 6) is 0. The van der Waals surface area contributed by atoms with Gasteiger partial charge in [0, 0.05) is 51.0 Å². The lowest BCUT2D eigenvalue weighted by molar-refractivity contribution is 0.111. The molecule has 0 amide bonds. The van der Waals surface area contributed by atoms with Crippen LogP contribution in [0.1, 0.15) is 19.5 Å². The van der Waals surface area contributed by atoms with Gasteiger partial charge in [-0.05, 0) is 51.1 Å². The van der Waals surface area contributed by atoms with Gasteiger partial charge < -0.3 is 5.32 Å². The molecular weight excluding hydrogens is 426 g/mol. The summed E-state index contributed by atoms with van der Waals surface area (Å²) >= 11 is 0. The zero-order valence-electron chi connectivity index (χ0n) is 20.0. The van der Waals surface area contributed by atoms with Crippen LogP contribution in [-0.4, -0.2) is 85.5 Å². The topological polar surface area (TPSA) is 98.7 Å². The number of rotatable bonds is 7. The van der Waals surface area contributed by atoms with Crippen LogP contribution >= 0.6 is 0 Å². The summed E-state index contributed by atoms with van der Waals surface area (Å²) in [7, 11) is 0. The minimum absolute atomic E-state index is 0.628. The number of aromatic amines is 1. The fourth-order valence-electron chi connectivity index (χ4n) is 4.36. The van der Waals surface area contributed by atoms with Crippen molar-refractivity contribution in [3.05, 3.63) is 48.3 Å². The van der Waals surface area contributed by atoms with Crippen molar-refractivity contribution in [2.45, 2.75) is 26.8 Å². The smallest absolute Gasteiger partial charge is 0.140 e. The molecule has 1 aliphatic heterocycles. The summed E-state index contributed by atoms with van der Waals surface area (Å²) < 4.78 is 0. The first-order valence-corrected chi connectivity index (χ1v) is 11.9. The van der Waals surface area contributed by atoms with E-state index in [0.29, 0.717) is 17.4 Å². The van der Waals surface area contributed by atoms with Crippen LogP contribution in [0.3, 0.4) is 0 Å². The van der Waals surface area contributed by atoms with Crippen LogP contribution in [0.2, 0.25) is 0 Å². The average molecular weight is 458 g/mol. The van der Waals surface area contributed by atoms with Crippen LogP contribution in [0.5, 0.6) is 0 Å². The van der Waals surface area contributed by atoms with Crippen molar-refractivity contribution in [2.24, 2.45) is 0 Å². The van der Waals surface area contributed by atoms with Gasteiger partial charge in [0.2, 0.25) is 0 Å². The molecule has 0 saturated carbocycles. The Morgan fingerprint density at radius 2 is 1.71 bits per heavy atom. The van der Waals surface area contributed by atoms with Crippen molar-refractivity contribution >= 4 is 16.7 Å². The standard InChI is InChI=1S/C25H31N9/c1-17(2)34-13-11-33(12-14-34)10-9-26-19-15-23-20(27-16-19)7-8-22(29-23)25-24(30-32-31-25)21-6-4-5-18(3)28-21/h4-8,15-17,26H,9-14H2,1-3H3,(H,30,31,32). The molecule has 9 nitrogen and oxygen atoms in total. The lowest BCUT2D eigenvalue weighted by Gasteiger charge is -2.36. The monoisotopic (exact) mass is 457 g/mol. The molecule has 0 atom stereocenters. The van der Waals surface area contributed by atoms with Gasteiger partial charge in [0.05, 0.1) is 34.3 Å². The number of hydrogen-bond donors (Lipinski definition) is 2. The van der Waals surface area contributed by atoms with E-state index in [2.05, 4.69) is 54.3 Å².